The number of anilines is 1. The molecule has 0 saturated carbocycles. The molecule has 0 spiro atoms. The van der Waals surface area contributed by atoms with E-state index in [1.54, 1.807) is 19.2 Å². The lowest BCUT2D eigenvalue weighted by Gasteiger charge is -2.09. The summed E-state index contributed by atoms with van der Waals surface area (Å²) in [6, 6.07) is 3.04. The number of amides is 2. The zero-order chi connectivity index (χ0) is 13.5. The Morgan fingerprint density at radius 2 is 1.94 bits per heavy atom. The third kappa shape index (κ3) is 4.72. The molecule has 0 fully saturated rings. The van der Waals surface area contributed by atoms with Crippen molar-refractivity contribution in [2.75, 3.05) is 25.6 Å². The van der Waals surface area contributed by atoms with Crippen molar-refractivity contribution >= 4 is 34.9 Å². The topological polar surface area (TPSA) is 50.4 Å². The van der Waals surface area contributed by atoms with Gasteiger partial charge in [-0.25, -0.2) is 4.79 Å². The van der Waals surface area contributed by atoms with Crippen molar-refractivity contribution in [3.63, 3.8) is 0 Å². The van der Waals surface area contributed by atoms with Crippen LogP contribution in [0, 0.1) is 6.92 Å². The van der Waals surface area contributed by atoms with Crippen LogP contribution < -0.4 is 10.6 Å². The molecule has 1 rings (SSSR count). The highest BCUT2D eigenvalue weighted by molar-refractivity contribution is 6.36. The number of benzene rings is 1. The third-order valence-corrected chi connectivity index (χ3v) is 3.13. The van der Waals surface area contributed by atoms with Gasteiger partial charge in [-0.15, -0.1) is 0 Å². The second-order valence-electron chi connectivity index (χ2n) is 3.79. The maximum absolute atomic E-state index is 11.5. The Balaban J connectivity index is 2.49. The van der Waals surface area contributed by atoms with Gasteiger partial charge in [0.25, 0.3) is 0 Å². The molecule has 0 radical (unpaired) electrons. The zero-order valence-electron chi connectivity index (χ0n) is 10.3. The standard InChI is InChI=1S/C12H16Cl2N2O2/c1-8-10(13)6-9(7-11(8)14)16-12(17)15-4-3-5-18-2/h6-7H,3-5H2,1-2H3,(H2,15,16,17). The van der Waals surface area contributed by atoms with Gasteiger partial charge in [0.05, 0.1) is 0 Å². The number of ether oxygens (including phenoxy) is 1. The van der Waals surface area contributed by atoms with Crippen molar-refractivity contribution in [3.8, 4) is 0 Å². The van der Waals surface area contributed by atoms with Crippen LogP contribution in [-0.4, -0.2) is 26.3 Å². The Morgan fingerprint density at radius 1 is 1.33 bits per heavy atom. The lowest BCUT2D eigenvalue weighted by atomic mass is 10.2. The Hall–Kier alpha value is -0.970. The number of carbonyl (C=O) groups is 1. The SMILES string of the molecule is COCCCNC(=O)Nc1cc(Cl)c(C)c(Cl)c1. The molecule has 0 unspecified atom stereocenters. The van der Waals surface area contributed by atoms with Crippen molar-refractivity contribution in [1.29, 1.82) is 0 Å². The van der Waals surface area contributed by atoms with E-state index in [2.05, 4.69) is 10.6 Å². The first-order valence-electron chi connectivity index (χ1n) is 5.54. The summed E-state index contributed by atoms with van der Waals surface area (Å²) in [6.45, 7) is 2.98. The Morgan fingerprint density at radius 3 is 2.50 bits per heavy atom. The normalized spacial score (nSPS) is 10.2. The first kappa shape index (κ1) is 15.1. The van der Waals surface area contributed by atoms with E-state index in [0.717, 1.165) is 12.0 Å². The highest BCUT2D eigenvalue weighted by Crippen LogP contribution is 2.27. The number of hydrogen-bond acceptors (Lipinski definition) is 2. The molecule has 0 bridgehead atoms. The van der Waals surface area contributed by atoms with E-state index in [0.29, 0.717) is 28.9 Å². The van der Waals surface area contributed by atoms with Gasteiger partial charge in [0.2, 0.25) is 0 Å². The summed E-state index contributed by atoms with van der Waals surface area (Å²) in [4.78, 5) is 11.5. The number of nitrogens with one attached hydrogen (secondary N) is 2. The van der Waals surface area contributed by atoms with Crippen LogP contribution in [0.25, 0.3) is 0 Å². The van der Waals surface area contributed by atoms with Gasteiger partial charge in [0.1, 0.15) is 0 Å². The average molecular weight is 291 g/mol. The summed E-state index contributed by atoms with van der Waals surface area (Å²) in [6.07, 6.45) is 0.763. The first-order valence-corrected chi connectivity index (χ1v) is 6.29. The van der Waals surface area contributed by atoms with Gasteiger partial charge in [-0.2, -0.15) is 0 Å². The highest BCUT2D eigenvalue weighted by atomic mass is 35.5. The quantitative estimate of drug-likeness (QED) is 0.816. The second-order valence-corrected chi connectivity index (χ2v) is 4.61. The van der Waals surface area contributed by atoms with Gasteiger partial charge in [0.15, 0.2) is 0 Å². The monoisotopic (exact) mass is 290 g/mol. The van der Waals surface area contributed by atoms with Crippen LogP contribution in [0.3, 0.4) is 0 Å². The minimum Gasteiger partial charge on any atom is -0.385 e. The molecular weight excluding hydrogens is 275 g/mol. The minimum atomic E-state index is -0.290. The summed E-state index contributed by atoms with van der Waals surface area (Å²) in [5.74, 6) is 0. The van der Waals surface area contributed by atoms with Gasteiger partial charge in [-0.05, 0) is 31.0 Å². The molecule has 0 aliphatic carbocycles. The van der Waals surface area contributed by atoms with Crippen molar-refractivity contribution in [2.24, 2.45) is 0 Å². The summed E-state index contributed by atoms with van der Waals surface area (Å²) in [5, 5.41) is 6.42. The van der Waals surface area contributed by atoms with E-state index < -0.39 is 0 Å². The number of hydrogen-bond donors (Lipinski definition) is 2. The molecule has 4 nitrogen and oxygen atoms in total. The third-order valence-electron chi connectivity index (χ3n) is 2.35. The molecule has 1 aromatic rings. The van der Waals surface area contributed by atoms with Crippen LogP contribution in [0.4, 0.5) is 10.5 Å². The van der Waals surface area contributed by atoms with Crippen LogP contribution in [0.1, 0.15) is 12.0 Å². The number of urea groups is 1. The fraction of sp³-hybridized carbons (Fsp3) is 0.417. The average Bonchev–Trinajstić information content (AvgIpc) is 2.31. The van der Waals surface area contributed by atoms with E-state index >= 15 is 0 Å². The number of carbonyl (C=O) groups excluding carboxylic acids is 1. The summed E-state index contributed by atoms with van der Waals surface area (Å²) < 4.78 is 4.88. The second kappa shape index (κ2) is 7.46. The molecular formula is C12H16Cl2N2O2. The Bertz CT molecular complexity index is 402. The van der Waals surface area contributed by atoms with Gasteiger partial charge in [0, 0.05) is 36.0 Å². The fourth-order valence-electron chi connectivity index (χ4n) is 1.31. The molecule has 0 aromatic heterocycles. The fourth-order valence-corrected chi connectivity index (χ4v) is 1.80. The Kier molecular flexibility index (Phi) is 6.25. The first-order chi connectivity index (χ1) is 8.54. The van der Waals surface area contributed by atoms with E-state index in [-0.39, 0.29) is 6.03 Å². The van der Waals surface area contributed by atoms with Gasteiger partial charge in [-0.3, -0.25) is 0 Å². The molecule has 100 valence electrons. The summed E-state index contributed by atoms with van der Waals surface area (Å²) in [5.41, 5.74) is 1.37. The number of methoxy groups -OCH3 is 1. The predicted molar refractivity (Wildman–Crippen MR) is 74.7 cm³/mol. The van der Waals surface area contributed by atoms with Crippen molar-refractivity contribution in [3.05, 3.63) is 27.7 Å². The number of rotatable bonds is 5. The molecule has 1 aromatic carbocycles. The molecule has 0 aliphatic rings. The summed E-state index contributed by atoms with van der Waals surface area (Å²) >= 11 is 12.0. The van der Waals surface area contributed by atoms with Crippen LogP contribution in [0.2, 0.25) is 10.0 Å². The number of halogens is 2. The van der Waals surface area contributed by atoms with Gasteiger partial charge >= 0.3 is 6.03 Å². The molecule has 0 saturated heterocycles. The van der Waals surface area contributed by atoms with E-state index in [4.69, 9.17) is 27.9 Å². The van der Waals surface area contributed by atoms with Crippen LogP contribution in [0.15, 0.2) is 12.1 Å². The Labute approximate surface area is 117 Å². The lowest BCUT2D eigenvalue weighted by molar-refractivity contribution is 0.194. The molecule has 2 N–H and O–H groups in total. The van der Waals surface area contributed by atoms with E-state index in [1.807, 2.05) is 6.92 Å². The van der Waals surface area contributed by atoms with Gasteiger partial charge in [-0.1, -0.05) is 23.2 Å². The van der Waals surface area contributed by atoms with Crippen LogP contribution in [0.5, 0.6) is 0 Å². The minimum absolute atomic E-state index is 0.290. The molecule has 2 amide bonds. The highest BCUT2D eigenvalue weighted by Gasteiger charge is 2.06. The van der Waals surface area contributed by atoms with Crippen LogP contribution in [-0.2, 0) is 4.74 Å². The van der Waals surface area contributed by atoms with Crippen molar-refractivity contribution in [2.45, 2.75) is 13.3 Å². The van der Waals surface area contributed by atoms with Gasteiger partial charge < -0.3 is 15.4 Å². The molecule has 6 heteroatoms. The molecule has 0 atom stereocenters. The molecule has 18 heavy (non-hydrogen) atoms. The zero-order valence-corrected chi connectivity index (χ0v) is 11.9. The van der Waals surface area contributed by atoms with Crippen LogP contribution >= 0.6 is 23.2 Å². The lowest BCUT2D eigenvalue weighted by Crippen LogP contribution is -2.30. The van der Waals surface area contributed by atoms with Crippen molar-refractivity contribution in [1.82, 2.24) is 5.32 Å². The summed E-state index contributed by atoms with van der Waals surface area (Å²) in [7, 11) is 1.62. The largest absolute Gasteiger partial charge is 0.385 e. The smallest absolute Gasteiger partial charge is 0.319 e. The van der Waals surface area contributed by atoms with E-state index in [1.165, 1.54) is 0 Å². The predicted octanol–water partition coefficient (Wildman–Crippen LogP) is 3.46. The molecule has 0 aliphatic heterocycles. The van der Waals surface area contributed by atoms with Crippen molar-refractivity contribution < 1.29 is 9.53 Å². The maximum atomic E-state index is 11.5. The maximum Gasteiger partial charge on any atom is 0.319 e. The molecule has 0 heterocycles. The van der Waals surface area contributed by atoms with E-state index in [9.17, 15) is 4.79 Å².